The maximum Gasteiger partial charge on any atom is 0.220 e. The van der Waals surface area contributed by atoms with Gasteiger partial charge in [-0.15, -0.1) is 0 Å². The molecule has 1 N–H and O–H groups in total. The minimum absolute atomic E-state index is 0.0224. The molecule has 1 aromatic carbocycles. The van der Waals surface area contributed by atoms with Crippen molar-refractivity contribution in [3.05, 3.63) is 34.9 Å². The predicted octanol–water partition coefficient (Wildman–Crippen LogP) is 4.50. The van der Waals surface area contributed by atoms with Gasteiger partial charge in [0.25, 0.3) is 0 Å². The maximum atomic E-state index is 12.3. The van der Waals surface area contributed by atoms with Crippen molar-refractivity contribution >= 4 is 11.7 Å². The van der Waals surface area contributed by atoms with E-state index in [9.17, 15) is 9.59 Å². The second kappa shape index (κ2) is 8.85. The Hall–Kier alpha value is -1.64. The number of amides is 1. The molecule has 3 nitrogen and oxygen atoms in total. The van der Waals surface area contributed by atoms with Gasteiger partial charge in [0, 0.05) is 24.4 Å². The van der Waals surface area contributed by atoms with E-state index in [4.69, 9.17) is 0 Å². The van der Waals surface area contributed by atoms with E-state index in [1.54, 1.807) is 0 Å². The molecule has 1 saturated carbocycles. The highest BCUT2D eigenvalue weighted by Gasteiger charge is 2.16. The second-order valence-electron chi connectivity index (χ2n) is 6.85. The summed E-state index contributed by atoms with van der Waals surface area (Å²) in [4.78, 5) is 24.5. The van der Waals surface area contributed by atoms with Crippen LogP contribution in [0, 0.1) is 13.8 Å². The SMILES string of the molecule is Cc1ccc(C)c(C(=O)CCC(=O)NC2CCCCCCC2)c1. The van der Waals surface area contributed by atoms with Crippen LogP contribution in [-0.4, -0.2) is 17.7 Å². The van der Waals surface area contributed by atoms with Crippen LogP contribution in [0.25, 0.3) is 0 Å². The molecule has 1 aromatic rings. The molecule has 0 aliphatic heterocycles. The Morgan fingerprint density at radius 3 is 2.35 bits per heavy atom. The van der Waals surface area contributed by atoms with Crippen LogP contribution >= 0.6 is 0 Å². The largest absolute Gasteiger partial charge is 0.353 e. The Kier molecular flexibility index (Phi) is 6.82. The van der Waals surface area contributed by atoms with Crippen molar-refractivity contribution in [3.63, 3.8) is 0 Å². The van der Waals surface area contributed by atoms with E-state index in [2.05, 4.69) is 5.32 Å². The molecule has 0 atom stereocenters. The highest BCUT2D eigenvalue weighted by atomic mass is 16.2. The van der Waals surface area contributed by atoms with Gasteiger partial charge in [-0.1, -0.05) is 49.8 Å². The van der Waals surface area contributed by atoms with Gasteiger partial charge in [0.15, 0.2) is 5.78 Å². The summed E-state index contributed by atoms with van der Waals surface area (Å²) in [7, 11) is 0. The molecule has 0 aromatic heterocycles. The molecule has 0 saturated heterocycles. The van der Waals surface area contributed by atoms with E-state index >= 15 is 0 Å². The minimum atomic E-state index is 0.0224. The first-order chi connectivity index (χ1) is 11.1. The normalized spacial score (nSPS) is 16.4. The van der Waals surface area contributed by atoms with Crippen molar-refractivity contribution in [2.75, 3.05) is 0 Å². The summed E-state index contributed by atoms with van der Waals surface area (Å²) in [5.41, 5.74) is 2.82. The molecule has 23 heavy (non-hydrogen) atoms. The fourth-order valence-corrected chi connectivity index (χ4v) is 3.30. The van der Waals surface area contributed by atoms with Crippen LogP contribution in [0.4, 0.5) is 0 Å². The van der Waals surface area contributed by atoms with Crippen LogP contribution in [0.5, 0.6) is 0 Å². The smallest absolute Gasteiger partial charge is 0.220 e. The first kappa shape index (κ1) is 17.7. The van der Waals surface area contributed by atoms with E-state index in [1.807, 2.05) is 32.0 Å². The van der Waals surface area contributed by atoms with Gasteiger partial charge in [0.05, 0.1) is 0 Å². The summed E-state index contributed by atoms with van der Waals surface area (Å²) in [5, 5.41) is 3.13. The molecule has 0 heterocycles. The molecule has 0 bridgehead atoms. The molecule has 3 heteroatoms. The number of aryl methyl sites for hydroxylation is 2. The van der Waals surface area contributed by atoms with Crippen molar-refractivity contribution in [2.24, 2.45) is 0 Å². The van der Waals surface area contributed by atoms with Crippen molar-refractivity contribution in [2.45, 2.75) is 77.7 Å². The lowest BCUT2D eigenvalue weighted by molar-refractivity contribution is -0.121. The standard InChI is InChI=1S/C20H29NO2/c1-15-10-11-16(2)18(14-15)19(22)12-13-20(23)21-17-8-6-4-3-5-7-9-17/h10-11,14,17H,3-9,12-13H2,1-2H3,(H,21,23). The first-order valence-electron chi connectivity index (χ1n) is 8.96. The topological polar surface area (TPSA) is 46.2 Å². The Labute approximate surface area is 139 Å². The number of nitrogens with one attached hydrogen (secondary N) is 1. The Morgan fingerprint density at radius 2 is 1.65 bits per heavy atom. The molecule has 1 aliphatic carbocycles. The van der Waals surface area contributed by atoms with Crippen LogP contribution in [-0.2, 0) is 4.79 Å². The van der Waals surface area contributed by atoms with Crippen LogP contribution < -0.4 is 5.32 Å². The third kappa shape index (κ3) is 5.81. The molecule has 0 unspecified atom stereocenters. The van der Waals surface area contributed by atoms with Gasteiger partial charge >= 0.3 is 0 Å². The maximum absolute atomic E-state index is 12.3. The monoisotopic (exact) mass is 315 g/mol. The van der Waals surface area contributed by atoms with E-state index in [1.165, 1.54) is 32.1 Å². The lowest BCUT2D eigenvalue weighted by Crippen LogP contribution is -2.35. The van der Waals surface area contributed by atoms with Crippen LogP contribution in [0.15, 0.2) is 18.2 Å². The number of Topliss-reactive ketones (excluding diaryl/α,β-unsaturated/α-hetero) is 1. The summed E-state index contributed by atoms with van der Waals surface area (Å²) < 4.78 is 0. The van der Waals surface area contributed by atoms with Crippen molar-refractivity contribution in [1.29, 1.82) is 0 Å². The predicted molar refractivity (Wildman–Crippen MR) is 93.7 cm³/mol. The highest BCUT2D eigenvalue weighted by Crippen LogP contribution is 2.18. The van der Waals surface area contributed by atoms with Gasteiger partial charge in [-0.05, 0) is 38.3 Å². The van der Waals surface area contributed by atoms with Crippen LogP contribution in [0.2, 0.25) is 0 Å². The lowest BCUT2D eigenvalue weighted by atomic mass is 9.96. The lowest BCUT2D eigenvalue weighted by Gasteiger charge is -2.21. The number of carbonyl (C=O) groups excluding carboxylic acids is 2. The molecule has 1 amide bonds. The van der Waals surface area contributed by atoms with E-state index in [0.29, 0.717) is 18.9 Å². The van der Waals surface area contributed by atoms with Crippen molar-refractivity contribution in [3.8, 4) is 0 Å². The van der Waals surface area contributed by atoms with E-state index < -0.39 is 0 Å². The van der Waals surface area contributed by atoms with Gasteiger partial charge in [0.1, 0.15) is 0 Å². The van der Waals surface area contributed by atoms with Crippen LogP contribution in [0.1, 0.15) is 79.3 Å². The Morgan fingerprint density at radius 1 is 1.00 bits per heavy atom. The second-order valence-corrected chi connectivity index (χ2v) is 6.85. The average Bonchev–Trinajstić information content (AvgIpc) is 2.50. The summed E-state index contributed by atoms with van der Waals surface area (Å²) in [6.07, 6.45) is 9.03. The number of ketones is 1. The molecule has 1 aliphatic rings. The van der Waals surface area contributed by atoms with Gasteiger partial charge in [-0.3, -0.25) is 9.59 Å². The van der Waals surface area contributed by atoms with Gasteiger partial charge < -0.3 is 5.32 Å². The number of hydrogen-bond donors (Lipinski definition) is 1. The zero-order valence-electron chi connectivity index (χ0n) is 14.5. The number of carbonyl (C=O) groups is 2. The quantitative estimate of drug-likeness (QED) is 0.813. The summed E-state index contributed by atoms with van der Waals surface area (Å²) in [6, 6.07) is 6.20. The highest BCUT2D eigenvalue weighted by molar-refractivity contribution is 5.99. The van der Waals surface area contributed by atoms with Gasteiger partial charge in [-0.25, -0.2) is 0 Å². The number of rotatable bonds is 5. The summed E-state index contributed by atoms with van der Waals surface area (Å²) >= 11 is 0. The molecule has 1 fully saturated rings. The van der Waals surface area contributed by atoms with Gasteiger partial charge in [0.2, 0.25) is 5.91 Å². The third-order valence-electron chi connectivity index (χ3n) is 4.74. The number of hydrogen-bond acceptors (Lipinski definition) is 2. The van der Waals surface area contributed by atoms with Crippen molar-refractivity contribution in [1.82, 2.24) is 5.32 Å². The minimum Gasteiger partial charge on any atom is -0.353 e. The molecule has 0 spiro atoms. The molecule has 2 rings (SSSR count). The molecular formula is C20H29NO2. The molecule has 0 radical (unpaired) electrons. The first-order valence-corrected chi connectivity index (χ1v) is 8.96. The number of benzene rings is 1. The van der Waals surface area contributed by atoms with Crippen LogP contribution in [0.3, 0.4) is 0 Å². The summed E-state index contributed by atoms with van der Waals surface area (Å²) in [6.45, 7) is 3.93. The van der Waals surface area contributed by atoms with E-state index in [0.717, 1.165) is 29.5 Å². The Balaban J connectivity index is 1.81. The zero-order valence-corrected chi connectivity index (χ0v) is 14.5. The fraction of sp³-hybridized carbons (Fsp3) is 0.600. The molecule has 126 valence electrons. The molecular weight excluding hydrogens is 286 g/mol. The van der Waals surface area contributed by atoms with E-state index in [-0.39, 0.29) is 11.7 Å². The van der Waals surface area contributed by atoms with Gasteiger partial charge in [-0.2, -0.15) is 0 Å². The Bertz CT molecular complexity index is 543. The zero-order chi connectivity index (χ0) is 16.7. The fourth-order valence-electron chi connectivity index (χ4n) is 3.30. The summed E-state index contributed by atoms with van der Waals surface area (Å²) in [5.74, 6) is 0.0910. The average molecular weight is 315 g/mol. The van der Waals surface area contributed by atoms with Crippen molar-refractivity contribution < 1.29 is 9.59 Å². The third-order valence-corrected chi connectivity index (χ3v) is 4.74.